The first-order chi connectivity index (χ1) is 9.66. The Morgan fingerprint density at radius 2 is 1.67 bits per heavy atom. The van der Waals surface area contributed by atoms with Crippen LogP contribution in [0.3, 0.4) is 0 Å². The second kappa shape index (κ2) is 5.18. The summed E-state index contributed by atoms with van der Waals surface area (Å²) in [4.78, 5) is 12.4. The predicted molar refractivity (Wildman–Crippen MR) is 87.8 cm³/mol. The van der Waals surface area contributed by atoms with E-state index < -0.39 is 5.41 Å². The molecular weight excluding hydrogens is 258 g/mol. The van der Waals surface area contributed by atoms with E-state index in [0.717, 1.165) is 5.70 Å². The number of hydrogen-bond acceptors (Lipinski definition) is 1. The van der Waals surface area contributed by atoms with E-state index in [1.165, 1.54) is 16.7 Å². The lowest BCUT2D eigenvalue weighted by atomic mass is 9.80. The van der Waals surface area contributed by atoms with Crippen molar-refractivity contribution in [1.82, 2.24) is 5.32 Å². The number of amides is 1. The second-order valence-electron chi connectivity index (χ2n) is 7.10. The van der Waals surface area contributed by atoms with Crippen LogP contribution in [0.4, 0.5) is 0 Å². The Morgan fingerprint density at radius 1 is 1.10 bits per heavy atom. The Morgan fingerprint density at radius 3 is 2.19 bits per heavy atom. The molecule has 0 bridgehead atoms. The van der Waals surface area contributed by atoms with Gasteiger partial charge in [-0.1, -0.05) is 57.2 Å². The van der Waals surface area contributed by atoms with Gasteiger partial charge in [-0.05, 0) is 37.5 Å². The summed E-state index contributed by atoms with van der Waals surface area (Å²) >= 11 is 0. The van der Waals surface area contributed by atoms with Crippen LogP contribution >= 0.6 is 0 Å². The van der Waals surface area contributed by atoms with E-state index >= 15 is 0 Å². The number of allylic oxidation sites excluding steroid dienone is 3. The van der Waals surface area contributed by atoms with E-state index in [4.69, 9.17) is 0 Å². The third kappa shape index (κ3) is 2.80. The van der Waals surface area contributed by atoms with Crippen molar-refractivity contribution in [3.63, 3.8) is 0 Å². The SMILES string of the molecule is CC1=CC(C)(c2ccccc2)C(NC(=O)C(C)(C)C)=C1C. The average Bonchev–Trinajstić information content (AvgIpc) is 2.63. The Kier molecular flexibility index (Phi) is 3.83. The molecule has 2 rings (SSSR count). The van der Waals surface area contributed by atoms with Crippen LogP contribution in [0, 0.1) is 5.41 Å². The number of hydrogen-bond donors (Lipinski definition) is 1. The summed E-state index contributed by atoms with van der Waals surface area (Å²) in [5.74, 6) is 0.0575. The van der Waals surface area contributed by atoms with Gasteiger partial charge >= 0.3 is 0 Å². The van der Waals surface area contributed by atoms with Crippen molar-refractivity contribution < 1.29 is 4.79 Å². The second-order valence-corrected chi connectivity index (χ2v) is 7.10. The third-order valence-electron chi connectivity index (χ3n) is 4.28. The normalized spacial score (nSPS) is 22.3. The lowest BCUT2D eigenvalue weighted by Crippen LogP contribution is -2.40. The van der Waals surface area contributed by atoms with Crippen molar-refractivity contribution in [2.75, 3.05) is 0 Å². The van der Waals surface area contributed by atoms with E-state index in [0.29, 0.717) is 0 Å². The molecule has 1 unspecified atom stereocenters. The molecule has 1 aromatic rings. The van der Waals surface area contributed by atoms with Crippen LogP contribution in [0.1, 0.15) is 47.1 Å². The first-order valence-electron chi connectivity index (χ1n) is 7.44. The third-order valence-corrected chi connectivity index (χ3v) is 4.28. The van der Waals surface area contributed by atoms with Gasteiger partial charge in [0.1, 0.15) is 0 Å². The molecule has 21 heavy (non-hydrogen) atoms. The Labute approximate surface area is 128 Å². The van der Waals surface area contributed by atoms with Crippen molar-refractivity contribution in [3.8, 4) is 0 Å². The molecule has 1 aromatic carbocycles. The molecule has 0 saturated heterocycles. The fraction of sp³-hybridized carbons (Fsp3) is 0.421. The molecule has 2 heteroatoms. The van der Waals surface area contributed by atoms with Crippen molar-refractivity contribution >= 4 is 5.91 Å². The van der Waals surface area contributed by atoms with Gasteiger partial charge in [-0.15, -0.1) is 0 Å². The Balaban J connectivity index is 2.45. The topological polar surface area (TPSA) is 29.1 Å². The minimum absolute atomic E-state index is 0.0575. The molecule has 2 nitrogen and oxygen atoms in total. The molecule has 1 atom stereocenters. The summed E-state index contributed by atoms with van der Waals surface area (Å²) in [5, 5.41) is 3.18. The Hall–Kier alpha value is -1.83. The van der Waals surface area contributed by atoms with Gasteiger partial charge < -0.3 is 5.32 Å². The summed E-state index contributed by atoms with van der Waals surface area (Å²) < 4.78 is 0. The predicted octanol–water partition coefficient (Wildman–Crippen LogP) is 4.34. The fourth-order valence-electron chi connectivity index (χ4n) is 2.74. The summed E-state index contributed by atoms with van der Waals surface area (Å²) in [6, 6.07) is 10.3. The van der Waals surface area contributed by atoms with Gasteiger partial charge in [-0.25, -0.2) is 0 Å². The minimum Gasteiger partial charge on any atom is -0.328 e. The molecule has 0 aliphatic heterocycles. The molecule has 112 valence electrons. The molecule has 1 aliphatic rings. The first-order valence-corrected chi connectivity index (χ1v) is 7.44. The molecule has 0 radical (unpaired) electrons. The van der Waals surface area contributed by atoms with Gasteiger partial charge in [0.05, 0.1) is 5.41 Å². The van der Waals surface area contributed by atoms with Crippen LogP contribution < -0.4 is 5.32 Å². The van der Waals surface area contributed by atoms with E-state index in [-0.39, 0.29) is 11.3 Å². The molecule has 0 aromatic heterocycles. The zero-order valence-electron chi connectivity index (χ0n) is 13.9. The van der Waals surface area contributed by atoms with Gasteiger partial charge in [-0.3, -0.25) is 4.79 Å². The highest BCUT2D eigenvalue weighted by atomic mass is 16.2. The van der Waals surface area contributed by atoms with E-state index in [9.17, 15) is 4.79 Å². The van der Waals surface area contributed by atoms with Gasteiger partial charge in [-0.2, -0.15) is 0 Å². The highest BCUT2D eigenvalue weighted by Crippen LogP contribution is 2.42. The maximum atomic E-state index is 12.4. The molecule has 0 fully saturated rings. The molecule has 1 amide bonds. The quantitative estimate of drug-likeness (QED) is 0.859. The van der Waals surface area contributed by atoms with Crippen LogP contribution in [0.25, 0.3) is 0 Å². The van der Waals surface area contributed by atoms with Gasteiger partial charge in [0.2, 0.25) is 5.91 Å². The maximum Gasteiger partial charge on any atom is 0.229 e. The zero-order valence-corrected chi connectivity index (χ0v) is 13.9. The molecular formula is C19H25NO. The number of carbonyl (C=O) groups excluding carboxylic acids is 1. The summed E-state index contributed by atoms with van der Waals surface area (Å²) in [7, 11) is 0. The van der Waals surface area contributed by atoms with Crippen LogP contribution in [0.2, 0.25) is 0 Å². The average molecular weight is 283 g/mol. The molecule has 0 heterocycles. The van der Waals surface area contributed by atoms with Crippen molar-refractivity contribution in [1.29, 1.82) is 0 Å². The molecule has 0 saturated carbocycles. The highest BCUT2D eigenvalue weighted by molar-refractivity contribution is 5.84. The van der Waals surface area contributed by atoms with Crippen molar-refractivity contribution in [2.24, 2.45) is 5.41 Å². The van der Waals surface area contributed by atoms with Gasteiger partial charge in [0.25, 0.3) is 0 Å². The van der Waals surface area contributed by atoms with Crippen LogP contribution in [-0.2, 0) is 10.2 Å². The largest absolute Gasteiger partial charge is 0.328 e. The van der Waals surface area contributed by atoms with E-state index in [1.54, 1.807) is 0 Å². The minimum atomic E-state index is -0.401. The van der Waals surface area contributed by atoms with E-state index in [2.05, 4.69) is 44.3 Å². The monoisotopic (exact) mass is 283 g/mol. The van der Waals surface area contributed by atoms with Gasteiger partial charge in [0, 0.05) is 11.1 Å². The number of benzene rings is 1. The lowest BCUT2D eigenvalue weighted by Gasteiger charge is -2.30. The Bertz CT molecular complexity index is 617. The lowest BCUT2D eigenvalue weighted by molar-refractivity contribution is -0.127. The van der Waals surface area contributed by atoms with Crippen LogP contribution in [0.5, 0.6) is 0 Å². The van der Waals surface area contributed by atoms with Gasteiger partial charge in [0.15, 0.2) is 0 Å². The molecule has 1 aliphatic carbocycles. The fourth-order valence-corrected chi connectivity index (χ4v) is 2.74. The summed E-state index contributed by atoms with van der Waals surface area (Å²) in [6.45, 7) is 12.2. The first kappa shape index (κ1) is 15.6. The zero-order chi connectivity index (χ0) is 15.8. The standard InChI is InChI=1S/C19H25NO/c1-13-12-19(6,15-10-8-7-9-11-15)16(14(13)2)20-17(21)18(3,4)5/h7-12H,1-6H3,(H,20,21). The highest BCUT2D eigenvalue weighted by Gasteiger charge is 2.37. The van der Waals surface area contributed by atoms with Crippen molar-refractivity contribution in [2.45, 2.75) is 47.0 Å². The molecule has 1 N–H and O–H groups in total. The number of nitrogens with one attached hydrogen (secondary N) is 1. The number of rotatable bonds is 2. The number of carbonyl (C=O) groups is 1. The maximum absolute atomic E-state index is 12.4. The summed E-state index contributed by atoms with van der Waals surface area (Å²) in [5.41, 5.74) is 3.93. The smallest absolute Gasteiger partial charge is 0.229 e. The summed E-state index contributed by atoms with van der Waals surface area (Å²) in [6.07, 6.45) is 2.25. The molecule has 0 spiro atoms. The van der Waals surface area contributed by atoms with Crippen molar-refractivity contribution in [3.05, 3.63) is 58.8 Å². The van der Waals surface area contributed by atoms with Crippen LogP contribution in [-0.4, -0.2) is 5.91 Å². The van der Waals surface area contributed by atoms with E-state index in [1.807, 2.05) is 39.0 Å². The van der Waals surface area contributed by atoms with Crippen LogP contribution in [0.15, 0.2) is 53.3 Å².